The third-order valence-electron chi connectivity index (χ3n) is 6.15. The average Bonchev–Trinajstić information content (AvgIpc) is 3.12. The van der Waals surface area contributed by atoms with Crippen molar-refractivity contribution in [1.82, 2.24) is 14.9 Å². The molecule has 1 saturated heterocycles. The Balaban J connectivity index is 1.32. The Kier molecular flexibility index (Phi) is 5.62. The van der Waals surface area contributed by atoms with E-state index < -0.39 is 29.1 Å². The van der Waals surface area contributed by atoms with Gasteiger partial charge in [0.25, 0.3) is 17.4 Å². The van der Waals surface area contributed by atoms with Gasteiger partial charge in [-0.2, -0.15) is 13.2 Å². The van der Waals surface area contributed by atoms with Crippen LogP contribution in [0.15, 0.2) is 47.4 Å². The number of hydrogen-bond acceptors (Lipinski definition) is 7. The molecule has 0 radical (unpaired) electrons. The SMILES string of the molecule is Nc1c2c(cc(=O)n1-c1ccc(N3CCN(c4ncc(C(F)(F)F)cc4Cl)CC3)cc1)C(=O)NC2=O. The lowest BCUT2D eigenvalue weighted by Crippen LogP contribution is -2.47. The molecule has 4 heterocycles. The zero-order valence-corrected chi connectivity index (χ0v) is 19.2. The van der Waals surface area contributed by atoms with E-state index in [4.69, 9.17) is 17.3 Å². The van der Waals surface area contributed by atoms with Gasteiger partial charge in [0.1, 0.15) is 11.6 Å². The number of rotatable bonds is 3. The second-order valence-electron chi connectivity index (χ2n) is 8.29. The first-order chi connectivity index (χ1) is 17.0. The maximum atomic E-state index is 12.9. The molecule has 2 aromatic heterocycles. The second-order valence-corrected chi connectivity index (χ2v) is 8.70. The van der Waals surface area contributed by atoms with E-state index in [9.17, 15) is 27.6 Å². The molecule has 0 saturated carbocycles. The number of fused-ring (bicyclic) bond motifs is 1. The van der Waals surface area contributed by atoms with Crippen LogP contribution in [0, 0.1) is 0 Å². The van der Waals surface area contributed by atoms with Gasteiger partial charge in [0.2, 0.25) is 0 Å². The smallest absolute Gasteiger partial charge is 0.384 e. The summed E-state index contributed by atoms with van der Waals surface area (Å²) in [4.78, 5) is 44.3. The van der Waals surface area contributed by atoms with E-state index in [1.54, 1.807) is 24.3 Å². The number of pyridine rings is 2. The minimum absolute atomic E-state index is 0.0321. The molecular weight excluding hydrogens is 501 g/mol. The van der Waals surface area contributed by atoms with Crippen molar-refractivity contribution in [3.8, 4) is 5.69 Å². The number of benzene rings is 1. The van der Waals surface area contributed by atoms with Gasteiger partial charge in [-0.05, 0) is 30.3 Å². The number of halogens is 4. The number of hydrogen-bond donors (Lipinski definition) is 2. The average molecular weight is 519 g/mol. The van der Waals surface area contributed by atoms with E-state index in [-0.39, 0.29) is 22.0 Å². The number of nitrogens with two attached hydrogens (primary N) is 1. The van der Waals surface area contributed by atoms with E-state index in [0.29, 0.717) is 37.7 Å². The Morgan fingerprint density at radius 2 is 1.53 bits per heavy atom. The maximum Gasteiger partial charge on any atom is 0.417 e. The molecule has 1 fully saturated rings. The van der Waals surface area contributed by atoms with Gasteiger partial charge in [-0.15, -0.1) is 0 Å². The van der Waals surface area contributed by atoms with E-state index in [1.165, 1.54) is 0 Å². The number of anilines is 3. The van der Waals surface area contributed by atoms with Gasteiger partial charge in [-0.1, -0.05) is 11.6 Å². The number of alkyl halides is 3. The molecule has 5 rings (SSSR count). The lowest BCUT2D eigenvalue weighted by molar-refractivity contribution is -0.137. The van der Waals surface area contributed by atoms with Crippen molar-refractivity contribution >= 4 is 40.7 Å². The first kappa shape index (κ1) is 23.7. The molecule has 13 heteroatoms. The molecule has 2 aliphatic rings. The van der Waals surface area contributed by atoms with Crippen molar-refractivity contribution in [2.45, 2.75) is 6.18 Å². The summed E-state index contributed by atoms with van der Waals surface area (Å²) < 4.78 is 39.8. The highest BCUT2D eigenvalue weighted by Crippen LogP contribution is 2.34. The van der Waals surface area contributed by atoms with Crippen LogP contribution in [0.1, 0.15) is 26.3 Å². The number of nitrogen functional groups attached to an aromatic ring is 1. The lowest BCUT2D eigenvalue weighted by atomic mass is 10.1. The third kappa shape index (κ3) is 4.02. The van der Waals surface area contributed by atoms with E-state index in [0.717, 1.165) is 28.6 Å². The summed E-state index contributed by atoms with van der Waals surface area (Å²) in [5.41, 5.74) is 5.83. The van der Waals surface area contributed by atoms with Gasteiger partial charge < -0.3 is 15.5 Å². The molecule has 1 aromatic carbocycles. The van der Waals surface area contributed by atoms with Crippen LogP contribution in [0.25, 0.3) is 5.69 Å². The molecule has 0 unspecified atom stereocenters. The molecule has 186 valence electrons. The number of amides is 2. The van der Waals surface area contributed by atoms with Crippen LogP contribution in [0.3, 0.4) is 0 Å². The summed E-state index contributed by atoms with van der Waals surface area (Å²) in [5.74, 6) is -1.14. The Morgan fingerprint density at radius 1 is 0.917 bits per heavy atom. The predicted octanol–water partition coefficient (Wildman–Crippen LogP) is 2.70. The highest BCUT2D eigenvalue weighted by Gasteiger charge is 2.33. The Morgan fingerprint density at radius 3 is 2.14 bits per heavy atom. The highest BCUT2D eigenvalue weighted by atomic mass is 35.5. The number of carbonyl (C=O) groups is 2. The van der Waals surface area contributed by atoms with Crippen molar-refractivity contribution < 1.29 is 22.8 Å². The number of nitrogens with zero attached hydrogens (tertiary/aromatic N) is 4. The van der Waals surface area contributed by atoms with Gasteiger partial charge in [0.15, 0.2) is 0 Å². The Hall–Kier alpha value is -4.06. The van der Waals surface area contributed by atoms with Crippen LogP contribution in [0.2, 0.25) is 5.02 Å². The summed E-state index contributed by atoms with van der Waals surface area (Å²) in [6.07, 6.45) is -3.74. The van der Waals surface area contributed by atoms with Crippen LogP contribution >= 0.6 is 11.6 Å². The Bertz CT molecular complexity index is 1450. The van der Waals surface area contributed by atoms with Gasteiger partial charge in [-0.3, -0.25) is 24.3 Å². The van der Waals surface area contributed by atoms with Crippen molar-refractivity contribution in [1.29, 1.82) is 0 Å². The fourth-order valence-electron chi connectivity index (χ4n) is 4.35. The van der Waals surface area contributed by atoms with Crippen molar-refractivity contribution in [2.75, 3.05) is 41.7 Å². The molecule has 0 spiro atoms. The summed E-state index contributed by atoms with van der Waals surface area (Å²) in [6, 6.07) is 8.89. The molecule has 2 aliphatic heterocycles. The zero-order chi connectivity index (χ0) is 25.8. The van der Waals surface area contributed by atoms with Gasteiger partial charge in [-0.25, -0.2) is 4.98 Å². The van der Waals surface area contributed by atoms with Crippen molar-refractivity contribution in [3.05, 3.63) is 74.7 Å². The summed E-state index contributed by atoms with van der Waals surface area (Å²) in [7, 11) is 0. The first-order valence-electron chi connectivity index (χ1n) is 10.8. The van der Waals surface area contributed by atoms with Crippen LogP contribution in [0.5, 0.6) is 0 Å². The minimum atomic E-state index is -4.51. The molecule has 36 heavy (non-hydrogen) atoms. The molecule has 0 aliphatic carbocycles. The predicted molar refractivity (Wildman–Crippen MR) is 127 cm³/mol. The zero-order valence-electron chi connectivity index (χ0n) is 18.5. The van der Waals surface area contributed by atoms with Gasteiger partial charge >= 0.3 is 6.18 Å². The summed E-state index contributed by atoms with van der Waals surface area (Å²) in [5, 5.41) is 2.07. The number of imide groups is 1. The highest BCUT2D eigenvalue weighted by molar-refractivity contribution is 6.33. The van der Waals surface area contributed by atoms with Gasteiger partial charge in [0.05, 0.1) is 27.4 Å². The normalized spacial score (nSPS) is 15.8. The van der Waals surface area contributed by atoms with E-state index in [2.05, 4.69) is 15.2 Å². The maximum absolute atomic E-state index is 12.9. The number of aromatic nitrogens is 2. The van der Waals surface area contributed by atoms with Crippen LogP contribution < -0.4 is 26.4 Å². The monoisotopic (exact) mass is 518 g/mol. The molecule has 9 nitrogen and oxygen atoms in total. The standard InChI is InChI=1S/C23H18ClF3N6O3/c24-16-9-12(23(25,26)27)11-29-20(16)32-7-5-31(6-8-32)13-1-3-14(4-2-13)33-17(34)10-15-18(19(33)28)22(36)30-21(15)35/h1-4,9-11H,5-8,28H2,(H,30,35,36). The molecule has 3 aromatic rings. The minimum Gasteiger partial charge on any atom is -0.384 e. The fourth-order valence-corrected chi connectivity index (χ4v) is 4.64. The fraction of sp³-hybridized carbons (Fsp3) is 0.217. The van der Waals surface area contributed by atoms with Crippen LogP contribution in [0.4, 0.5) is 30.5 Å². The van der Waals surface area contributed by atoms with Crippen molar-refractivity contribution in [2.24, 2.45) is 0 Å². The van der Waals surface area contributed by atoms with Gasteiger partial charge in [0, 0.05) is 44.1 Å². The lowest BCUT2D eigenvalue weighted by Gasteiger charge is -2.37. The largest absolute Gasteiger partial charge is 0.417 e. The number of piperazine rings is 1. The second kappa shape index (κ2) is 8.55. The molecule has 3 N–H and O–H groups in total. The molecule has 0 atom stereocenters. The summed E-state index contributed by atoms with van der Waals surface area (Å²) in [6.45, 7) is 2.09. The Labute approximate surface area is 206 Å². The quantitative estimate of drug-likeness (QED) is 0.512. The third-order valence-corrected chi connectivity index (χ3v) is 6.43. The first-order valence-corrected chi connectivity index (χ1v) is 11.2. The van der Waals surface area contributed by atoms with E-state index >= 15 is 0 Å². The number of nitrogens with one attached hydrogen (secondary N) is 1. The molecule has 2 amide bonds. The number of carbonyl (C=O) groups excluding carboxylic acids is 2. The molecular formula is C23H18ClF3N6O3. The van der Waals surface area contributed by atoms with Crippen LogP contribution in [-0.2, 0) is 6.18 Å². The topological polar surface area (TPSA) is 114 Å². The molecule has 0 bridgehead atoms. The van der Waals surface area contributed by atoms with Crippen LogP contribution in [-0.4, -0.2) is 47.5 Å². The van der Waals surface area contributed by atoms with E-state index in [1.807, 2.05) is 4.90 Å². The summed E-state index contributed by atoms with van der Waals surface area (Å²) >= 11 is 6.08. The van der Waals surface area contributed by atoms with Crippen molar-refractivity contribution in [3.63, 3.8) is 0 Å².